The van der Waals surface area contributed by atoms with Crippen LogP contribution in [0, 0.1) is 0 Å². The van der Waals surface area contributed by atoms with Crippen molar-refractivity contribution in [3.63, 3.8) is 0 Å². The molecule has 0 bridgehead atoms. The third-order valence-electron chi connectivity index (χ3n) is 3.59. The number of sulfonamides is 1. The summed E-state index contributed by atoms with van der Waals surface area (Å²) in [6.45, 7) is 1.30. The van der Waals surface area contributed by atoms with Gasteiger partial charge in [-0.25, -0.2) is 8.42 Å². The Balaban J connectivity index is 2.04. The molecule has 2 rings (SSSR count). The minimum absolute atomic E-state index is 0.0628. The van der Waals surface area contributed by atoms with Crippen LogP contribution in [0.5, 0.6) is 0 Å². The van der Waals surface area contributed by atoms with E-state index in [9.17, 15) is 8.42 Å². The van der Waals surface area contributed by atoms with Gasteiger partial charge in [0, 0.05) is 32.2 Å². The molecule has 0 atom stereocenters. The zero-order chi connectivity index (χ0) is 13.9. The molecular weight excluding hydrogens is 270 g/mol. The second kappa shape index (κ2) is 6.06. The smallest absolute Gasteiger partial charge is 0.217 e. The monoisotopic (exact) mass is 291 g/mol. The first kappa shape index (κ1) is 14.5. The van der Waals surface area contributed by atoms with Crippen LogP contribution in [0.3, 0.4) is 0 Å². The maximum atomic E-state index is 12.6. The molecule has 0 aromatic carbocycles. The van der Waals surface area contributed by atoms with Gasteiger partial charge in [-0.05, 0) is 25.7 Å². The SMILES string of the molecule is NC(CCN(C1CC1)S(=O)(=O)C1CCOCC1)=NO. The molecule has 1 aliphatic carbocycles. The maximum absolute atomic E-state index is 12.6. The van der Waals surface area contributed by atoms with E-state index in [1.54, 1.807) is 4.31 Å². The van der Waals surface area contributed by atoms with Crippen molar-refractivity contribution in [2.75, 3.05) is 19.8 Å². The highest BCUT2D eigenvalue weighted by Crippen LogP contribution is 2.32. The Labute approximate surface area is 113 Å². The van der Waals surface area contributed by atoms with Gasteiger partial charge in [-0.2, -0.15) is 4.31 Å². The van der Waals surface area contributed by atoms with Crippen LogP contribution < -0.4 is 5.73 Å². The summed E-state index contributed by atoms with van der Waals surface area (Å²) in [6, 6.07) is 0.0966. The Morgan fingerprint density at radius 1 is 1.32 bits per heavy atom. The molecule has 1 aliphatic heterocycles. The van der Waals surface area contributed by atoms with Crippen LogP contribution in [0.25, 0.3) is 0 Å². The first-order chi connectivity index (χ1) is 9.05. The lowest BCUT2D eigenvalue weighted by Crippen LogP contribution is -2.43. The minimum Gasteiger partial charge on any atom is -0.409 e. The van der Waals surface area contributed by atoms with Crippen molar-refractivity contribution in [3.05, 3.63) is 0 Å². The molecule has 1 saturated carbocycles. The lowest BCUT2D eigenvalue weighted by atomic mass is 10.2. The van der Waals surface area contributed by atoms with Crippen LogP contribution in [0.15, 0.2) is 5.16 Å². The van der Waals surface area contributed by atoms with Crippen molar-refractivity contribution in [3.8, 4) is 0 Å². The van der Waals surface area contributed by atoms with E-state index in [0.29, 0.717) is 32.6 Å². The van der Waals surface area contributed by atoms with E-state index in [2.05, 4.69) is 5.16 Å². The molecular formula is C11H21N3O4S. The third kappa shape index (κ3) is 3.58. The largest absolute Gasteiger partial charge is 0.409 e. The summed E-state index contributed by atoms with van der Waals surface area (Å²) in [6.07, 6.45) is 3.16. The lowest BCUT2D eigenvalue weighted by molar-refractivity contribution is 0.0971. The van der Waals surface area contributed by atoms with Crippen LogP contribution in [0.4, 0.5) is 0 Å². The fourth-order valence-corrected chi connectivity index (χ4v) is 4.46. The molecule has 1 saturated heterocycles. The summed E-state index contributed by atoms with van der Waals surface area (Å²) in [5.74, 6) is 0.0628. The molecule has 0 amide bonds. The number of ether oxygens (including phenoxy) is 1. The van der Waals surface area contributed by atoms with Gasteiger partial charge >= 0.3 is 0 Å². The molecule has 0 unspecified atom stereocenters. The third-order valence-corrected chi connectivity index (χ3v) is 6.04. The lowest BCUT2D eigenvalue weighted by Gasteiger charge is -2.29. The van der Waals surface area contributed by atoms with E-state index in [1.807, 2.05) is 0 Å². The van der Waals surface area contributed by atoms with Crippen molar-refractivity contribution in [1.29, 1.82) is 0 Å². The molecule has 0 radical (unpaired) electrons. The molecule has 0 spiro atoms. The van der Waals surface area contributed by atoms with Gasteiger partial charge in [0.25, 0.3) is 0 Å². The van der Waals surface area contributed by atoms with Crippen molar-refractivity contribution in [2.45, 2.75) is 43.4 Å². The predicted octanol–water partition coefficient (Wildman–Crippen LogP) is 0.0961. The van der Waals surface area contributed by atoms with E-state index in [0.717, 1.165) is 12.8 Å². The van der Waals surface area contributed by atoms with Gasteiger partial charge in [-0.1, -0.05) is 5.16 Å². The Bertz CT molecular complexity index is 427. The zero-order valence-corrected chi connectivity index (χ0v) is 11.7. The Hall–Kier alpha value is -0.860. The van der Waals surface area contributed by atoms with Gasteiger partial charge < -0.3 is 15.7 Å². The fourth-order valence-electron chi connectivity index (χ4n) is 2.32. The second-order valence-corrected chi connectivity index (χ2v) is 7.21. The summed E-state index contributed by atoms with van der Waals surface area (Å²) >= 11 is 0. The standard InChI is InChI=1S/C11H21N3O4S/c12-11(13-15)3-6-14(9-1-2-9)19(16,17)10-4-7-18-8-5-10/h9-10,15H,1-8H2,(H2,12,13). The van der Waals surface area contributed by atoms with E-state index in [1.165, 1.54) is 0 Å². The van der Waals surface area contributed by atoms with Crippen LogP contribution >= 0.6 is 0 Å². The highest BCUT2D eigenvalue weighted by Gasteiger charge is 2.41. The van der Waals surface area contributed by atoms with Crippen molar-refractivity contribution >= 4 is 15.9 Å². The molecule has 0 aromatic heterocycles. The summed E-state index contributed by atoms with van der Waals surface area (Å²) < 4.78 is 31.9. The Kier molecular flexibility index (Phi) is 4.64. The highest BCUT2D eigenvalue weighted by molar-refractivity contribution is 7.89. The Morgan fingerprint density at radius 2 is 1.95 bits per heavy atom. The van der Waals surface area contributed by atoms with E-state index >= 15 is 0 Å². The van der Waals surface area contributed by atoms with Crippen LogP contribution in [-0.2, 0) is 14.8 Å². The quantitative estimate of drug-likeness (QED) is 0.312. The first-order valence-electron chi connectivity index (χ1n) is 6.60. The first-order valence-corrected chi connectivity index (χ1v) is 8.11. The van der Waals surface area contributed by atoms with Gasteiger partial charge in [-0.15, -0.1) is 0 Å². The molecule has 2 fully saturated rings. The molecule has 1 heterocycles. The average Bonchev–Trinajstić information content (AvgIpc) is 3.24. The minimum atomic E-state index is -3.30. The van der Waals surface area contributed by atoms with Gasteiger partial charge in [0.05, 0.1) is 5.25 Å². The van der Waals surface area contributed by atoms with Gasteiger partial charge in [0.15, 0.2) is 0 Å². The van der Waals surface area contributed by atoms with Gasteiger partial charge in [0.1, 0.15) is 5.84 Å². The summed E-state index contributed by atoms with van der Waals surface area (Å²) in [7, 11) is -3.30. The van der Waals surface area contributed by atoms with Gasteiger partial charge in [-0.3, -0.25) is 0 Å². The van der Waals surface area contributed by atoms with Crippen LogP contribution in [-0.4, -0.2) is 54.8 Å². The van der Waals surface area contributed by atoms with Gasteiger partial charge in [0.2, 0.25) is 10.0 Å². The second-order valence-electron chi connectivity index (χ2n) is 5.04. The maximum Gasteiger partial charge on any atom is 0.217 e. The number of hydrogen-bond donors (Lipinski definition) is 2. The Morgan fingerprint density at radius 3 is 2.47 bits per heavy atom. The fraction of sp³-hybridized carbons (Fsp3) is 0.909. The molecule has 3 N–H and O–H groups in total. The molecule has 2 aliphatic rings. The van der Waals surface area contributed by atoms with E-state index in [4.69, 9.17) is 15.7 Å². The number of nitrogens with zero attached hydrogens (tertiary/aromatic N) is 2. The normalized spacial score (nSPS) is 22.9. The van der Waals surface area contributed by atoms with Crippen LogP contribution in [0.1, 0.15) is 32.1 Å². The topological polar surface area (TPSA) is 105 Å². The van der Waals surface area contributed by atoms with Crippen molar-refractivity contribution in [2.24, 2.45) is 10.9 Å². The summed E-state index contributed by atoms with van der Waals surface area (Å²) in [4.78, 5) is 0. The van der Waals surface area contributed by atoms with Crippen molar-refractivity contribution < 1.29 is 18.4 Å². The predicted molar refractivity (Wildman–Crippen MR) is 70.5 cm³/mol. The molecule has 19 heavy (non-hydrogen) atoms. The summed E-state index contributed by atoms with van der Waals surface area (Å²) in [5.41, 5.74) is 5.42. The number of hydrogen-bond acceptors (Lipinski definition) is 5. The number of amidine groups is 1. The van der Waals surface area contributed by atoms with Crippen molar-refractivity contribution in [1.82, 2.24) is 4.31 Å². The summed E-state index contributed by atoms with van der Waals surface area (Å²) in [5, 5.41) is 11.1. The zero-order valence-electron chi connectivity index (χ0n) is 10.9. The van der Waals surface area contributed by atoms with E-state index in [-0.39, 0.29) is 23.5 Å². The molecule has 8 heteroatoms. The van der Waals surface area contributed by atoms with E-state index < -0.39 is 10.0 Å². The number of rotatable bonds is 6. The highest BCUT2D eigenvalue weighted by atomic mass is 32.2. The molecule has 7 nitrogen and oxygen atoms in total. The van der Waals surface area contributed by atoms with Crippen LogP contribution in [0.2, 0.25) is 0 Å². The molecule has 110 valence electrons. The average molecular weight is 291 g/mol. The molecule has 0 aromatic rings. The number of oxime groups is 1. The number of nitrogens with two attached hydrogens (primary N) is 1.